The summed E-state index contributed by atoms with van der Waals surface area (Å²) in [4.78, 5) is 12.3. The summed E-state index contributed by atoms with van der Waals surface area (Å²) in [6.07, 6.45) is 2.23. The lowest BCUT2D eigenvalue weighted by Gasteiger charge is -2.10. The van der Waals surface area contributed by atoms with Gasteiger partial charge in [-0.1, -0.05) is 59.6 Å². The Hall–Kier alpha value is -2.30. The molecular formula is C18H14Cl2N2O2. The van der Waals surface area contributed by atoms with Crippen molar-refractivity contribution in [1.82, 2.24) is 9.78 Å². The van der Waals surface area contributed by atoms with Crippen LogP contribution in [0.25, 0.3) is 5.69 Å². The molecule has 0 saturated heterocycles. The average molecular weight is 361 g/mol. The molecule has 0 aliphatic rings. The molecule has 3 rings (SSSR count). The number of hydrogen-bond donors (Lipinski definition) is 0. The monoisotopic (exact) mass is 360 g/mol. The molecule has 2 aromatic carbocycles. The zero-order chi connectivity index (χ0) is 16.9. The van der Waals surface area contributed by atoms with Crippen LogP contribution in [0.4, 0.5) is 0 Å². The quantitative estimate of drug-likeness (QED) is 0.685. The SMILES string of the molecule is O=c1cc(OCCc2ccccc2)cnn1-c1c(Cl)cccc1Cl. The number of rotatable bonds is 5. The topological polar surface area (TPSA) is 44.1 Å². The van der Waals surface area contributed by atoms with Crippen molar-refractivity contribution in [1.29, 1.82) is 0 Å². The number of ether oxygens (including phenoxy) is 1. The standard InChI is InChI=1S/C18H14Cl2N2O2/c19-15-7-4-8-16(20)18(15)22-17(23)11-14(12-21-22)24-10-9-13-5-2-1-3-6-13/h1-8,11-12H,9-10H2. The predicted molar refractivity (Wildman–Crippen MR) is 95.5 cm³/mol. The van der Waals surface area contributed by atoms with Crippen molar-refractivity contribution in [2.75, 3.05) is 6.61 Å². The van der Waals surface area contributed by atoms with E-state index in [1.54, 1.807) is 18.2 Å². The fourth-order valence-electron chi connectivity index (χ4n) is 2.26. The van der Waals surface area contributed by atoms with E-state index in [9.17, 15) is 4.79 Å². The van der Waals surface area contributed by atoms with Crippen molar-refractivity contribution in [3.8, 4) is 11.4 Å². The summed E-state index contributed by atoms with van der Waals surface area (Å²) in [6.45, 7) is 0.460. The molecule has 0 spiro atoms. The predicted octanol–water partition coefficient (Wildman–Crippen LogP) is 4.16. The van der Waals surface area contributed by atoms with Gasteiger partial charge in [0, 0.05) is 12.5 Å². The van der Waals surface area contributed by atoms with E-state index in [1.165, 1.54) is 17.8 Å². The van der Waals surface area contributed by atoms with Crippen LogP contribution in [0.3, 0.4) is 0 Å². The van der Waals surface area contributed by atoms with Gasteiger partial charge in [-0.25, -0.2) is 0 Å². The summed E-state index contributed by atoms with van der Waals surface area (Å²) < 4.78 is 6.76. The summed E-state index contributed by atoms with van der Waals surface area (Å²) in [5, 5.41) is 4.82. The molecule has 0 fully saturated rings. The molecule has 0 atom stereocenters. The van der Waals surface area contributed by atoms with Gasteiger partial charge in [-0.05, 0) is 17.7 Å². The van der Waals surface area contributed by atoms with Crippen LogP contribution in [-0.2, 0) is 6.42 Å². The van der Waals surface area contributed by atoms with Gasteiger partial charge in [0.1, 0.15) is 11.4 Å². The van der Waals surface area contributed by atoms with Gasteiger partial charge in [0.05, 0.1) is 22.8 Å². The average Bonchev–Trinajstić information content (AvgIpc) is 2.57. The van der Waals surface area contributed by atoms with Crippen molar-refractivity contribution < 1.29 is 4.74 Å². The second-order valence-electron chi connectivity index (χ2n) is 5.10. The Morgan fingerprint density at radius 2 is 1.71 bits per heavy atom. The Bertz CT molecular complexity index is 875. The highest BCUT2D eigenvalue weighted by Gasteiger charge is 2.11. The third kappa shape index (κ3) is 3.78. The first kappa shape index (κ1) is 16.6. The van der Waals surface area contributed by atoms with E-state index < -0.39 is 0 Å². The maximum absolute atomic E-state index is 12.3. The van der Waals surface area contributed by atoms with Crippen LogP contribution in [0.1, 0.15) is 5.56 Å². The first-order valence-corrected chi connectivity index (χ1v) is 8.11. The number of nitrogens with zero attached hydrogens (tertiary/aromatic N) is 2. The van der Waals surface area contributed by atoms with Gasteiger partial charge in [0.2, 0.25) is 0 Å². The fourth-order valence-corrected chi connectivity index (χ4v) is 2.82. The van der Waals surface area contributed by atoms with Crippen molar-refractivity contribution in [2.24, 2.45) is 0 Å². The molecule has 0 N–H and O–H groups in total. The van der Waals surface area contributed by atoms with Crippen LogP contribution < -0.4 is 10.3 Å². The van der Waals surface area contributed by atoms with Crippen LogP contribution in [-0.4, -0.2) is 16.4 Å². The maximum Gasteiger partial charge on any atom is 0.275 e. The number of para-hydroxylation sites is 1. The summed E-state index contributed by atoms with van der Waals surface area (Å²) in [5.74, 6) is 0.412. The highest BCUT2D eigenvalue weighted by atomic mass is 35.5. The van der Waals surface area contributed by atoms with E-state index in [-0.39, 0.29) is 5.56 Å². The van der Waals surface area contributed by atoms with Crippen LogP contribution in [0.5, 0.6) is 5.75 Å². The molecule has 24 heavy (non-hydrogen) atoms. The molecule has 0 radical (unpaired) electrons. The number of hydrogen-bond acceptors (Lipinski definition) is 3. The first-order chi connectivity index (χ1) is 11.6. The number of benzene rings is 2. The number of aromatic nitrogens is 2. The van der Waals surface area contributed by atoms with Crippen LogP contribution in [0.2, 0.25) is 10.0 Å². The van der Waals surface area contributed by atoms with Crippen molar-refractivity contribution in [3.63, 3.8) is 0 Å². The lowest BCUT2D eigenvalue weighted by molar-refractivity contribution is 0.318. The Morgan fingerprint density at radius 1 is 1.00 bits per heavy atom. The number of halogens is 2. The molecule has 0 unspecified atom stereocenters. The van der Waals surface area contributed by atoms with E-state index >= 15 is 0 Å². The zero-order valence-electron chi connectivity index (χ0n) is 12.7. The van der Waals surface area contributed by atoms with Gasteiger partial charge in [0.25, 0.3) is 5.56 Å². The molecule has 0 amide bonds. The van der Waals surface area contributed by atoms with Gasteiger partial charge < -0.3 is 4.74 Å². The Balaban J connectivity index is 1.74. The Kier molecular flexibility index (Phi) is 5.18. The first-order valence-electron chi connectivity index (χ1n) is 7.35. The highest BCUT2D eigenvalue weighted by Crippen LogP contribution is 2.26. The lowest BCUT2D eigenvalue weighted by Crippen LogP contribution is -2.21. The largest absolute Gasteiger partial charge is 0.491 e. The summed E-state index contributed by atoms with van der Waals surface area (Å²) in [6, 6.07) is 16.4. The zero-order valence-corrected chi connectivity index (χ0v) is 14.2. The van der Waals surface area contributed by atoms with Gasteiger partial charge in [-0.3, -0.25) is 4.79 Å². The van der Waals surface area contributed by atoms with Gasteiger partial charge in [-0.2, -0.15) is 9.78 Å². The minimum atomic E-state index is -0.359. The van der Waals surface area contributed by atoms with E-state index in [4.69, 9.17) is 27.9 Å². The Labute approximate surface area is 149 Å². The molecule has 0 bridgehead atoms. The van der Waals surface area contributed by atoms with Gasteiger partial charge in [-0.15, -0.1) is 0 Å². The minimum absolute atomic E-state index is 0.356. The van der Waals surface area contributed by atoms with E-state index in [0.717, 1.165) is 11.1 Å². The van der Waals surface area contributed by atoms with Crippen LogP contribution in [0, 0.1) is 0 Å². The van der Waals surface area contributed by atoms with Crippen molar-refractivity contribution in [3.05, 3.63) is 86.8 Å². The van der Waals surface area contributed by atoms with Crippen molar-refractivity contribution in [2.45, 2.75) is 6.42 Å². The molecule has 0 saturated carbocycles. The van der Waals surface area contributed by atoms with Gasteiger partial charge in [0.15, 0.2) is 0 Å². The van der Waals surface area contributed by atoms with E-state index in [2.05, 4.69) is 5.10 Å². The van der Waals surface area contributed by atoms with Crippen LogP contribution in [0.15, 0.2) is 65.6 Å². The maximum atomic E-state index is 12.3. The molecule has 4 nitrogen and oxygen atoms in total. The third-order valence-corrected chi connectivity index (χ3v) is 4.04. The smallest absolute Gasteiger partial charge is 0.275 e. The van der Waals surface area contributed by atoms with E-state index in [0.29, 0.717) is 28.1 Å². The summed E-state index contributed by atoms with van der Waals surface area (Å²) >= 11 is 12.2. The second kappa shape index (κ2) is 7.51. The summed E-state index contributed by atoms with van der Waals surface area (Å²) in [5.41, 5.74) is 1.17. The van der Waals surface area contributed by atoms with Crippen molar-refractivity contribution >= 4 is 23.2 Å². The van der Waals surface area contributed by atoms with Gasteiger partial charge >= 0.3 is 0 Å². The van der Waals surface area contributed by atoms with Crippen LogP contribution >= 0.6 is 23.2 Å². The molecule has 0 aliphatic heterocycles. The third-order valence-electron chi connectivity index (χ3n) is 3.43. The second-order valence-corrected chi connectivity index (χ2v) is 5.91. The Morgan fingerprint density at radius 3 is 2.38 bits per heavy atom. The molecule has 122 valence electrons. The lowest BCUT2D eigenvalue weighted by atomic mass is 10.2. The normalized spacial score (nSPS) is 10.6. The molecular weight excluding hydrogens is 347 g/mol. The molecule has 1 heterocycles. The van der Waals surface area contributed by atoms with E-state index in [1.807, 2.05) is 30.3 Å². The molecule has 6 heteroatoms. The molecule has 1 aromatic heterocycles. The minimum Gasteiger partial charge on any atom is -0.491 e. The molecule has 0 aliphatic carbocycles. The highest BCUT2D eigenvalue weighted by molar-refractivity contribution is 6.37. The summed E-state index contributed by atoms with van der Waals surface area (Å²) in [7, 11) is 0. The fraction of sp³-hybridized carbons (Fsp3) is 0.111. The molecule has 3 aromatic rings.